The van der Waals surface area contributed by atoms with Crippen LogP contribution in [0, 0.1) is 20.8 Å². The molecule has 34 heavy (non-hydrogen) atoms. The Bertz CT molecular complexity index is 1470. The highest BCUT2D eigenvalue weighted by molar-refractivity contribution is 7.21. The van der Waals surface area contributed by atoms with Gasteiger partial charge in [0, 0.05) is 15.8 Å². The van der Waals surface area contributed by atoms with Crippen LogP contribution in [-0.2, 0) is 0 Å². The normalized spacial score (nSPS) is 13.0. The van der Waals surface area contributed by atoms with Gasteiger partial charge in [0.05, 0.1) is 16.1 Å². The van der Waals surface area contributed by atoms with Crippen LogP contribution in [-0.4, -0.2) is 29.3 Å². The lowest BCUT2D eigenvalue weighted by atomic mass is 10.1. The van der Waals surface area contributed by atoms with Crippen molar-refractivity contribution in [2.24, 2.45) is 0 Å². The van der Waals surface area contributed by atoms with Crippen molar-refractivity contribution in [2.45, 2.75) is 20.8 Å². The molecule has 4 aromatic rings. The minimum absolute atomic E-state index is 0.211. The molecule has 1 aromatic heterocycles. The monoisotopic (exact) mass is 488 g/mol. The van der Waals surface area contributed by atoms with Crippen LogP contribution in [0.5, 0.6) is 0 Å². The Morgan fingerprint density at radius 1 is 0.912 bits per heavy atom. The fourth-order valence-corrected chi connectivity index (χ4v) is 5.66. The quantitative estimate of drug-likeness (QED) is 0.313. The Morgan fingerprint density at radius 2 is 1.59 bits per heavy atom. The molecule has 1 aliphatic heterocycles. The number of aryl methyl sites for hydroxylation is 3. The van der Waals surface area contributed by atoms with Gasteiger partial charge in [-0.3, -0.25) is 24.2 Å². The highest BCUT2D eigenvalue weighted by Gasteiger charge is 2.38. The molecule has 5 rings (SSSR count). The van der Waals surface area contributed by atoms with Crippen molar-refractivity contribution in [1.29, 1.82) is 0 Å². The molecule has 0 saturated heterocycles. The summed E-state index contributed by atoms with van der Waals surface area (Å²) in [6.45, 7) is 5.72. The van der Waals surface area contributed by atoms with E-state index in [0.29, 0.717) is 26.7 Å². The molecular formula is C27H21ClN2O3S. The molecule has 0 unspecified atom stereocenters. The van der Waals surface area contributed by atoms with E-state index in [1.807, 2.05) is 57.2 Å². The Hall–Kier alpha value is -3.48. The van der Waals surface area contributed by atoms with Crippen LogP contribution in [0.3, 0.4) is 0 Å². The highest BCUT2D eigenvalue weighted by atomic mass is 35.5. The summed E-state index contributed by atoms with van der Waals surface area (Å²) < 4.78 is 0.911. The molecule has 0 radical (unpaired) electrons. The summed E-state index contributed by atoms with van der Waals surface area (Å²) >= 11 is 7.97. The summed E-state index contributed by atoms with van der Waals surface area (Å²) in [5.41, 5.74) is 4.42. The summed E-state index contributed by atoms with van der Waals surface area (Å²) in [5, 5.41) is 1.18. The van der Waals surface area contributed by atoms with Crippen LogP contribution in [0.4, 0.5) is 5.69 Å². The predicted octanol–water partition coefficient (Wildman–Crippen LogP) is 6.38. The van der Waals surface area contributed by atoms with Gasteiger partial charge < -0.3 is 0 Å². The fourth-order valence-electron chi connectivity index (χ4n) is 4.10. The second-order valence-electron chi connectivity index (χ2n) is 8.47. The number of fused-ring (bicyclic) bond motifs is 2. The zero-order valence-corrected chi connectivity index (χ0v) is 20.5. The van der Waals surface area contributed by atoms with Gasteiger partial charge in [0.25, 0.3) is 17.7 Å². The van der Waals surface area contributed by atoms with Crippen molar-refractivity contribution < 1.29 is 14.4 Å². The van der Waals surface area contributed by atoms with Gasteiger partial charge in [-0.05, 0) is 67.8 Å². The summed E-state index contributed by atoms with van der Waals surface area (Å²) in [6.07, 6.45) is 0. The van der Waals surface area contributed by atoms with Gasteiger partial charge in [-0.25, -0.2) is 0 Å². The number of hydrogen-bond acceptors (Lipinski definition) is 4. The Morgan fingerprint density at radius 3 is 2.24 bits per heavy atom. The maximum Gasteiger partial charge on any atom is 0.271 e. The number of anilines is 1. The molecule has 0 saturated carbocycles. The molecule has 3 amide bonds. The van der Waals surface area contributed by atoms with Crippen LogP contribution in [0.15, 0.2) is 60.7 Å². The SMILES string of the molecule is Cc1ccc2c(Cl)c(C(=O)N(CN3C(=O)c4ccccc4C3=O)c3ccc(C)c(C)c3)sc2c1. The third kappa shape index (κ3) is 3.59. The number of thiophene rings is 1. The first kappa shape index (κ1) is 22.3. The van der Waals surface area contributed by atoms with Crippen molar-refractivity contribution >= 4 is 56.4 Å². The van der Waals surface area contributed by atoms with E-state index in [1.54, 1.807) is 24.3 Å². The van der Waals surface area contributed by atoms with E-state index in [2.05, 4.69) is 0 Å². The molecule has 0 spiro atoms. The zero-order valence-electron chi connectivity index (χ0n) is 18.9. The van der Waals surface area contributed by atoms with Gasteiger partial charge in [0.1, 0.15) is 11.5 Å². The minimum atomic E-state index is -0.416. The summed E-state index contributed by atoms with van der Waals surface area (Å²) in [5.74, 6) is -1.19. The van der Waals surface area contributed by atoms with Crippen molar-refractivity contribution in [2.75, 3.05) is 11.6 Å². The molecule has 0 N–H and O–H groups in total. The molecule has 3 aromatic carbocycles. The molecule has 0 bridgehead atoms. The van der Waals surface area contributed by atoms with Crippen LogP contribution < -0.4 is 4.90 Å². The molecule has 7 heteroatoms. The minimum Gasteiger partial charge on any atom is -0.289 e. The Balaban J connectivity index is 1.59. The van der Waals surface area contributed by atoms with E-state index < -0.39 is 11.8 Å². The smallest absolute Gasteiger partial charge is 0.271 e. The number of rotatable bonds is 4. The van der Waals surface area contributed by atoms with Gasteiger partial charge >= 0.3 is 0 Å². The van der Waals surface area contributed by atoms with E-state index in [9.17, 15) is 14.4 Å². The molecule has 5 nitrogen and oxygen atoms in total. The lowest BCUT2D eigenvalue weighted by molar-refractivity contribution is 0.0650. The number of benzene rings is 3. The van der Waals surface area contributed by atoms with Crippen LogP contribution in [0.25, 0.3) is 10.1 Å². The Labute approximate surface area is 206 Å². The first-order valence-corrected chi connectivity index (χ1v) is 12.0. The molecule has 0 fully saturated rings. The second kappa shape index (κ2) is 8.38. The summed E-state index contributed by atoms with van der Waals surface area (Å²) in [7, 11) is 0. The van der Waals surface area contributed by atoms with E-state index in [1.165, 1.54) is 16.2 Å². The average Bonchev–Trinajstić information content (AvgIpc) is 3.27. The van der Waals surface area contributed by atoms with E-state index in [-0.39, 0.29) is 12.6 Å². The summed E-state index contributed by atoms with van der Waals surface area (Å²) in [4.78, 5) is 42.9. The van der Waals surface area contributed by atoms with E-state index in [4.69, 9.17) is 11.6 Å². The largest absolute Gasteiger partial charge is 0.289 e. The van der Waals surface area contributed by atoms with Crippen LogP contribution in [0.2, 0.25) is 5.02 Å². The standard InChI is InChI=1S/C27H21ClN2O3S/c1-15-8-11-21-22(12-15)34-24(23(21)28)27(33)29(18-10-9-16(2)17(3)13-18)14-30-25(31)19-6-4-5-7-20(19)26(30)32/h4-13H,14H2,1-3H3. The van der Waals surface area contributed by atoms with Crippen LogP contribution >= 0.6 is 22.9 Å². The van der Waals surface area contributed by atoms with Gasteiger partial charge in [0.2, 0.25) is 0 Å². The molecule has 0 atom stereocenters. The third-order valence-electron chi connectivity index (χ3n) is 6.19. The molecule has 0 aliphatic carbocycles. The van der Waals surface area contributed by atoms with E-state index in [0.717, 1.165) is 31.7 Å². The van der Waals surface area contributed by atoms with Crippen molar-refractivity contribution in [3.8, 4) is 0 Å². The molecule has 170 valence electrons. The summed E-state index contributed by atoms with van der Waals surface area (Å²) in [6, 6.07) is 18.2. The second-order valence-corrected chi connectivity index (χ2v) is 9.90. The maximum atomic E-state index is 13.9. The topological polar surface area (TPSA) is 57.7 Å². The fraction of sp³-hybridized carbons (Fsp3) is 0.148. The number of halogens is 1. The van der Waals surface area contributed by atoms with Crippen molar-refractivity contribution in [1.82, 2.24) is 4.90 Å². The number of imide groups is 1. The van der Waals surface area contributed by atoms with Crippen LogP contribution in [0.1, 0.15) is 47.1 Å². The van der Waals surface area contributed by atoms with E-state index >= 15 is 0 Å². The first-order chi connectivity index (χ1) is 16.3. The number of nitrogens with zero attached hydrogens (tertiary/aromatic N) is 2. The number of amides is 3. The average molecular weight is 489 g/mol. The van der Waals surface area contributed by atoms with Crippen molar-refractivity contribution in [3.05, 3.63) is 98.4 Å². The number of carbonyl (C=O) groups excluding carboxylic acids is 3. The molecule has 2 heterocycles. The highest BCUT2D eigenvalue weighted by Crippen LogP contribution is 2.38. The molecule has 1 aliphatic rings. The van der Waals surface area contributed by atoms with Gasteiger partial charge in [-0.2, -0.15) is 0 Å². The predicted molar refractivity (Wildman–Crippen MR) is 136 cm³/mol. The molecular weight excluding hydrogens is 468 g/mol. The lowest BCUT2D eigenvalue weighted by Crippen LogP contribution is -2.44. The number of carbonyl (C=O) groups is 3. The number of hydrogen-bond donors (Lipinski definition) is 0. The maximum absolute atomic E-state index is 13.9. The van der Waals surface area contributed by atoms with Gasteiger partial charge in [0.15, 0.2) is 0 Å². The van der Waals surface area contributed by atoms with Gasteiger partial charge in [-0.15, -0.1) is 11.3 Å². The van der Waals surface area contributed by atoms with Gasteiger partial charge in [-0.1, -0.05) is 41.9 Å². The Kier molecular flexibility index (Phi) is 5.50. The van der Waals surface area contributed by atoms with Crippen molar-refractivity contribution in [3.63, 3.8) is 0 Å². The lowest BCUT2D eigenvalue weighted by Gasteiger charge is -2.27. The third-order valence-corrected chi connectivity index (χ3v) is 7.83. The zero-order chi connectivity index (χ0) is 24.1. The first-order valence-electron chi connectivity index (χ1n) is 10.8.